The average Bonchev–Trinajstić information content (AvgIpc) is 3.24. The number of nitrogens with two attached hydrogens (primary N) is 2. The summed E-state index contributed by atoms with van der Waals surface area (Å²) in [6, 6.07) is -15.0. The number of primary amides is 1. The van der Waals surface area contributed by atoms with Crippen LogP contribution in [0.1, 0.15) is 58.8 Å². The zero-order valence-electron chi connectivity index (χ0n) is 37.1. The van der Waals surface area contributed by atoms with Gasteiger partial charge in [-0.3, -0.25) is 52.7 Å². The Labute approximate surface area is 392 Å². The van der Waals surface area contributed by atoms with Gasteiger partial charge in [-0.25, -0.2) is 4.79 Å². The van der Waals surface area contributed by atoms with Gasteiger partial charge in [-0.1, -0.05) is 0 Å². The van der Waals surface area contributed by atoms with Crippen LogP contribution < -0.4 is 54.0 Å². The first-order valence-corrected chi connectivity index (χ1v) is 23.1. The summed E-state index contributed by atoms with van der Waals surface area (Å²) in [5.74, 6) is -14.2. The second-order valence-corrected chi connectivity index (χ2v) is 16.7. The molecule has 67 heavy (non-hydrogen) atoms. The van der Waals surface area contributed by atoms with Crippen molar-refractivity contribution in [3.8, 4) is 0 Å². The van der Waals surface area contributed by atoms with Crippen molar-refractivity contribution >= 4 is 94.6 Å². The van der Waals surface area contributed by atoms with Crippen molar-refractivity contribution in [1.29, 1.82) is 0 Å². The number of nitrogens with one attached hydrogen (secondary N) is 8. The minimum atomic E-state index is -1.93. The van der Waals surface area contributed by atoms with Crippen LogP contribution in [0, 0.1) is 0 Å². The number of thioether (sulfide) groups is 2. The predicted molar refractivity (Wildman–Crippen MR) is 236 cm³/mol. The van der Waals surface area contributed by atoms with Crippen molar-refractivity contribution in [3.05, 3.63) is 0 Å². The number of rotatable bonds is 34. The minimum Gasteiger partial charge on any atom is -0.481 e. The number of hydrogen-bond acceptors (Lipinski definition) is 18. The number of amides is 9. The van der Waals surface area contributed by atoms with E-state index in [1.807, 2.05) is 0 Å². The normalized spacial score (nSPS) is 15.4. The smallest absolute Gasteiger partial charge is 0.326 e. The maximum Gasteiger partial charge on any atom is 0.326 e. The molecule has 0 aliphatic heterocycles. The van der Waals surface area contributed by atoms with Gasteiger partial charge in [0.25, 0.3) is 0 Å². The molecule has 0 aromatic heterocycles. The largest absolute Gasteiger partial charge is 0.481 e. The zero-order chi connectivity index (χ0) is 51.6. The van der Waals surface area contributed by atoms with E-state index in [4.69, 9.17) is 11.5 Å². The van der Waals surface area contributed by atoms with Crippen molar-refractivity contribution in [3.63, 3.8) is 0 Å². The van der Waals surface area contributed by atoms with Gasteiger partial charge in [0.2, 0.25) is 53.2 Å². The van der Waals surface area contributed by atoms with Crippen LogP contribution >= 0.6 is 23.5 Å². The van der Waals surface area contributed by atoms with Crippen LogP contribution in [0.5, 0.6) is 0 Å². The third-order valence-electron chi connectivity index (χ3n) is 9.17. The Morgan fingerprint density at radius 1 is 0.478 bits per heavy atom. The molecule has 0 aliphatic rings. The molecule has 0 aromatic carbocycles. The molecule has 30 heteroatoms. The summed E-state index contributed by atoms with van der Waals surface area (Å²) in [5, 5.41) is 75.6. The maximum atomic E-state index is 13.7. The highest BCUT2D eigenvalue weighted by molar-refractivity contribution is 7.98. The fourth-order valence-corrected chi connectivity index (χ4v) is 6.40. The highest BCUT2D eigenvalue weighted by Crippen LogP contribution is 2.09. The summed E-state index contributed by atoms with van der Waals surface area (Å²) in [4.78, 5) is 152. The van der Waals surface area contributed by atoms with E-state index in [0.29, 0.717) is 5.75 Å². The zero-order valence-corrected chi connectivity index (χ0v) is 38.7. The molecular formula is C37H62N10O18S2. The fraction of sp³-hybridized carbons (Fsp3) is 0.676. The number of carbonyl (C=O) groups excluding carboxylic acids is 9. The molecule has 0 aliphatic carbocycles. The van der Waals surface area contributed by atoms with E-state index in [9.17, 15) is 88.2 Å². The number of carboxylic acids is 3. The van der Waals surface area contributed by atoms with Gasteiger partial charge < -0.3 is 84.6 Å². The first-order chi connectivity index (χ1) is 31.3. The van der Waals surface area contributed by atoms with Crippen LogP contribution in [-0.2, 0) is 57.5 Å². The van der Waals surface area contributed by atoms with Gasteiger partial charge in [0, 0.05) is 12.8 Å². The Bertz CT molecular complexity index is 1760. The number of carbonyl (C=O) groups is 12. The van der Waals surface area contributed by atoms with Gasteiger partial charge in [-0.15, -0.1) is 0 Å². The van der Waals surface area contributed by atoms with Crippen LogP contribution in [0.15, 0.2) is 0 Å². The molecule has 28 nitrogen and oxygen atoms in total. The van der Waals surface area contributed by atoms with E-state index in [1.165, 1.54) is 30.4 Å². The van der Waals surface area contributed by atoms with Gasteiger partial charge in [-0.2, -0.15) is 23.5 Å². The third kappa shape index (κ3) is 24.0. The first kappa shape index (κ1) is 61.2. The molecule has 0 radical (unpaired) electrons. The Hall–Kier alpha value is -5.82. The van der Waals surface area contributed by atoms with Gasteiger partial charge in [0.15, 0.2) is 0 Å². The number of aliphatic hydroxyl groups excluding tert-OH is 3. The number of aliphatic carboxylic acids is 3. The molecule has 10 unspecified atom stereocenters. The maximum absolute atomic E-state index is 13.7. The molecule has 0 saturated carbocycles. The van der Waals surface area contributed by atoms with E-state index >= 15 is 0 Å². The van der Waals surface area contributed by atoms with Gasteiger partial charge >= 0.3 is 17.9 Å². The molecule has 18 N–H and O–H groups in total. The molecule has 0 bridgehead atoms. The lowest BCUT2D eigenvalue weighted by Crippen LogP contribution is -2.61. The lowest BCUT2D eigenvalue weighted by Gasteiger charge is -2.28. The van der Waals surface area contributed by atoms with Crippen molar-refractivity contribution in [2.75, 3.05) is 37.2 Å². The SMILES string of the molecule is CSCCC(NC(=O)C(NC(=O)C(CCC(=O)O)NC(=O)C(CCSC)NC(=O)C(CO)NC(=O)C(CCC(=O)O)NC(=O)C(CC(N)=O)NC(=O)C(CO)NC(=O)C(C)N)C(C)O)C(=O)O. The van der Waals surface area contributed by atoms with E-state index < -0.39 is 177 Å². The predicted octanol–water partition coefficient (Wildman–Crippen LogP) is -7.23. The second-order valence-electron chi connectivity index (χ2n) is 14.7. The quantitative estimate of drug-likeness (QED) is 0.0285. The van der Waals surface area contributed by atoms with Gasteiger partial charge in [0.05, 0.1) is 31.8 Å². The average molecular weight is 999 g/mol. The lowest BCUT2D eigenvalue weighted by atomic mass is 10.1. The molecule has 0 aromatic rings. The van der Waals surface area contributed by atoms with Crippen molar-refractivity contribution in [2.45, 2.75) is 119 Å². The summed E-state index contributed by atoms with van der Waals surface area (Å²) in [7, 11) is 0. The van der Waals surface area contributed by atoms with Crippen LogP contribution in [-0.4, -0.2) is 199 Å². The molecule has 380 valence electrons. The Kier molecular flexibility index (Phi) is 29.2. The van der Waals surface area contributed by atoms with Crippen molar-refractivity contribution in [1.82, 2.24) is 42.5 Å². The fourth-order valence-electron chi connectivity index (χ4n) is 5.45. The molecule has 0 fully saturated rings. The van der Waals surface area contributed by atoms with Crippen molar-refractivity contribution in [2.24, 2.45) is 11.5 Å². The number of carboxylic acid groups (broad SMARTS) is 3. The van der Waals surface area contributed by atoms with Gasteiger partial charge in [-0.05, 0) is 63.5 Å². The standard InChI is InChI=1S/C37H62N10O18S2/c1-16(38)29(56)45-23(14-48)35(62)44-22(13-25(39)51)33(60)41-18(5-7-26(52)53)30(57)46-24(15-49)34(61)42-20(9-11-66-3)31(58)40-19(6-8-27(54)55)32(59)47-28(17(2)50)36(63)43-21(37(64)65)10-12-67-4/h16-24,28,48-50H,5-15,38H2,1-4H3,(H2,39,51)(H,40,58)(H,41,60)(H,42,61)(H,43,63)(H,44,62)(H,45,56)(H,46,57)(H,47,59)(H,52,53)(H,54,55)(H,64,65). The molecule has 0 saturated heterocycles. The van der Waals surface area contributed by atoms with E-state index in [-0.39, 0.29) is 18.6 Å². The molecule has 0 rings (SSSR count). The molecule has 0 spiro atoms. The Morgan fingerprint density at radius 3 is 1.16 bits per heavy atom. The van der Waals surface area contributed by atoms with Crippen LogP contribution in [0.4, 0.5) is 0 Å². The third-order valence-corrected chi connectivity index (χ3v) is 10.5. The monoisotopic (exact) mass is 998 g/mol. The summed E-state index contributed by atoms with van der Waals surface area (Å²) < 4.78 is 0. The minimum absolute atomic E-state index is 0.0154. The summed E-state index contributed by atoms with van der Waals surface area (Å²) in [5.41, 5.74) is 10.7. The summed E-state index contributed by atoms with van der Waals surface area (Å²) >= 11 is 2.49. The summed E-state index contributed by atoms with van der Waals surface area (Å²) in [6.45, 7) is 0.203. The highest BCUT2D eigenvalue weighted by atomic mass is 32.2. The highest BCUT2D eigenvalue weighted by Gasteiger charge is 2.36. The van der Waals surface area contributed by atoms with Gasteiger partial charge in [0.1, 0.15) is 48.3 Å². The Morgan fingerprint density at radius 2 is 0.806 bits per heavy atom. The molecule has 9 amide bonds. The second kappa shape index (κ2) is 32.0. The van der Waals surface area contributed by atoms with E-state index in [1.54, 1.807) is 12.5 Å². The van der Waals surface area contributed by atoms with Crippen LogP contribution in [0.25, 0.3) is 0 Å². The number of hydrogen-bond donors (Lipinski definition) is 16. The first-order valence-electron chi connectivity index (χ1n) is 20.3. The number of aliphatic hydroxyl groups is 3. The van der Waals surface area contributed by atoms with E-state index in [0.717, 1.165) is 6.92 Å². The lowest BCUT2D eigenvalue weighted by molar-refractivity contribution is -0.143. The van der Waals surface area contributed by atoms with Crippen molar-refractivity contribution < 1.29 is 88.2 Å². The van der Waals surface area contributed by atoms with Crippen LogP contribution in [0.3, 0.4) is 0 Å². The molecule has 10 atom stereocenters. The summed E-state index contributed by atoms with van der Waals surface area (Å²) in [6.07, 6.45) is -2.18. The van der Waals surface area contributed by atoms with Crippen LogP contribution in [0.2, 0.25) is 0 Å². The topological polar surface area (TPSA) is 474 Å². The van der Waals surface area contributed by atoms with E-state index in [2.05, 4.69) is 42.5 Å². The molecular weight excluding hydrogens is 937 g/mol. The molecule has 0 heterocycles. The Balaban J connectivity index is 6.44.